The average molecular weight is 203 g/mol. The molecule has 0 amide bonds. The number of carbonyl (C=O) groups excluding carboxylic acids is 1. The quantitative estimate of drug-likeness (QED) is 0.747. The molecule has 0 fully saturated rings. The second-order valence-corrected chi connectivity index (χ2v) is 3.33. The van der Waals surface area contributed by atoms with Gasteiger partial charge in [0.25, 0.3) is 0 Å². The number of carbonyl (C=O) groups is 1. The number of ketones is 1. The molecule has 0 aliphatic heterocycles. The summed E-state index contributed by atoms with van der Waals surface area (Å²) in [5, 5.41) is 0. The third-order valence-corrected chi connectivity index (χ3v) is 2.26. The van der Waals surface area contributed by atoms with Gasteiger partial charge in [0.1, 0.15) is 5.82 Å². The molecule has 0 aliphatic rings. The van der Waals surface area contributed by atoms with E-state index in [1.807, 2.05) is 0 Å². The van der Waals surface area contributed by atoms with Crippen molar-refractivity contribution in [2.75, 3.05) is 0 Å². The van der Waals surface area contributed by atoms with Gasteiger partial charge in [-0.25, -0.2) is 4.39 Å². The van der Waals surface area contributed by atoms with Crippen molar-refractivity contribution in [2.45, 2.75) is 6.92 Å². The first-order valence-electron chi connectivity index (χ1n) is 4.63. The molecular formula is C12H10FNO. The fourth-order valence-corrected chi connectivity index (χ4v) is 1.45. The highest BCUT2D eigenvalue weighted by molar-refractivity contribution is 5.95. The van der Waals surface area contributed by atoms with Gasteiger partial charge in [0.05, 0.1) is 0 Å². The summed E-state index contributed by atoms with van der Waals surface area (Å²) in [7, 11) is 0. The molecule has 1 aromatic carbocycles. The Morgan fingerprint density at radius 3 is 2.73 bits per heavy atom. The lowest BCUT2D eigenvalue weighted by molar-refractivity contribution is 0.101. The lowest BCUT2D eigenvalue weighted by atomic mass is 10.1. The third kappa shape index (κ3) is 1.81. The Kier molecular flexibility index (Phi) is 2.37. The van der Waals surface area contributed by atoms with Crippen LogP contribution in [0.15, 0.2) is 36.5 Å². The summed E-state index contributed by atoms with van der Waals surface area (Å²) < 4.78 is 13.5. The number of hydrogen-bond donors (Lipinski definition) is 1. The van der Waals surface area contributed by atoms with Crippen LogP contribution in [-0.2, 0) is 0 Å². The van der Waals surface area contributed by atoms with Gasteiger partial charge < -0.3 is 4.98 Å². The number of aromatic nitrogens is 1. The lowest BCUT2D eigenvalue weighted by Crippen LogP contribution is -1.94. The summed E-state index contributed by atoms with van der Waals surface area (Å²) in [5.41, 5.74) is 1.62. The van der Waals surface area contributed by atoms with Crippen LogP contribution in [0.1, 0.15) is 17.3 Å². The molecular weight excluding hydrogens is 193 g/mol. The van der Waals surface area contributed by atoms with Gasteiger partial charge >= 0.3 is 0 Å². The molecule has 0 unspecified atom stereocenters. The van der Waals surface area contributed by atoms with E-state index in [2.05, 4.69) is 4.98 Å². The van der Waals surface area contributed by atoms with Crippen molar-refractivity contribution in [1.29, 1.82) is 0 Å². The van der Waals surface area contributed by atoms with Gasteiger partial charge in [-0.15, -0.1) is 0 Å². The first-order chi connectivity index (χ1) is 7.18. The van der Waals surface area contributed by atoms with E-state index in [9.17, 15) is 9.18 Å². The number of Topliss-reactive ketones (excluding diaryl/α,β-unsaturated/α-hetero) is 1. The fourth-order valence-electron chi connectivity index (χ4n) is 1.45. The van der Waals surface area contributed by atoms with Crippen molar-refractivity contribution < 1.29 is 9.18 Å². The van der Waals surface area contributed by atoms with Gasteiger partial charge in [-0.1, -0.05) is 0 Å². The molecule has 15 heavy (non-hydrogen) atoms. The van der Waals surface area contributed by atoms with E-state index < -0.39 is 0 Å². The first-order valence-corrected chi connectivity index (χ1v) is 4.63. The molecule has 2 rings (SSSR count). The van der Waals surface area contributed by atoms with Gasteiger partial charge in [0, 0.05) is 23.0 Å². The minimum absolute atomic E-state index is 0.0668. The number of aromatic amines is 1. The summed E-state index contributed by atoms with van der Waals surface area (Å²) >= 11 is 0. The van der Waals surface area contributed by atoms with E-state index in [0.29, 0.717) is 16.8 Å². The second-order valence-electron chi connectivity index (χ2n) is 3.33. The highest BCUT2D eigenvalue weighted by Gasteiger charge is 2.08. The molecule has 1 N–H and O–H groups in total. The molecule has 2 nitrogen and oxygen atoms in total. The van der Waals surface area contributed by atoms with E-state index in [4.69, 9.17) is 0 Å². The molecule has 76 valence electrons. The van der Waals surface area contributed by atoms with Crippen molar-refractivity contribution in [3.8, 4) is 11.3 Å². The van der Waals surface area contributed by atoms with E-state index in [0.717, 1.165) is 0 Å². The van der Waals surface area contributed by atoms with Crippen LogP contribution in [0.3, 0.4) is 0 Å². The number of benzene rings is 1. The molecule has 0 atom stereocenters. The van der Waals surface area contributed by atoms with Crippen LogP contribution < -0.4 is 0 Å². The van der Waals surface area contributed by atoms with E-state index >= 15 is 0 Å². The van der Waals surface area contributed by atoms with E-state index in [1.165, 1.54) is 19.1 Å². The van der Waals surface area contributed by atoms with Crippen LogP contribution in [0.4, 0.5) is 4.39 Å². The van der Waals surface area contributed by atoms with Crippen molar-refractivity contribution in [2.24, 2.45) is 0 Å². The molecule has 0 bridgehead atoms. The highest BCUT2D eigenvalue weighted by Crippen LogP contribution is 2.22. The maximum atomic E-state index is 13.5. The molecule has 0 radical (unpaired) electrons. The maximum Gasteiger partial charge on any atom is 0.159 e. The summed E-state index contributed by atoms with van der Waals surface area (Å²) in [6.07, 6.45) is 1.72. The zero-order valence-electron chi connectivity index (χ0n) is 8.25. The van der Waals surface area contributed by atoms with Gasteiger partial charge in [0.15, 0.2) is 5.78 Å². The molecule has 3 heteroatoms. The Morgan fingerprint density at radius 2 is 2.13 bits per heavy atom. The summed E-state index contributed by atoms with van der Waals surface area (Å²) in [5.74, 6) is -0.398. The Morgan fingerprint density at radius 1 is 1.33 bits per heavy atom. The molecule has 2 aromatic rings. The smallest absolute Gasteiger partial charge is 0.159 e. The van der Waals surface area contributed by atoms with Gasteiger partial charge in [0.2, 0.25) is 0 Å². The molecule has 0 aliphatic carbocycles. The van der Waals surface area contributed by atoms with E-state index in [1.54, 1.807) is 24.4 Å². The number of rotatable bonds is 2. The second kappa shape index (κ2) is 3.69. The predicted molar refractivity (Wildman–Crippen MR) is 56.2 cm³/mol. The van der Waals surface area contributed by atoms with E-state index in [-0.39, 0.29) is 11.6 Å². The van der Waals surface area contributed by atoms with Crippen molar-refractivity contribution in [3.05, 3.63) is 47.9 Å². The monoisotopic (exact) mass is 203 g/mol. The Labute approximate surface area is 86.8 Å². The van der Waals surface area contributed by atoms with Gasteiger partial charge in [-0.05, 0) is 37.3 Å². The Bertz CT molecular complexity index is 488. The molecule has 0 saturated heterocycles. The topological polar surface area (TPSA) is 32.9 Å². The minimum atomic E-state index is -0.331. The summed E-state index contributed by atoms with van der Waals surface area (Å²) in [6, 6.07) is 7.91. The van der Waals surface area contributed by atoms with Crippen LogP contribution in [0.25, 0.3) is 11.3 Å². The van der Waals surface area contributed by atoms with Gasteiger partial charge in [-0.2, -0.15) is 0 Å². The molecule has 0 spiro atoms. The Hall–Kier alpha value is -1.90. The minimum Gasteiger partial charge on any atom is -0.361 e. The average Bonchev–Trinajstić information content (AvgIpc) is 2.71. The number of hydrogen-bond acceptors (Lipinski definition) is 1. The molecule has 1 heterocycles. The van der Waals surface area contributed by atoms with Crippen LogP contribution in [0.5, 0.6) is 0 Å². The van der Waals surface area contributed by atoms with Crippen LogP contribution in [0.2, 0.25) is 0 Å². The third-order valence-electron chi connectivity index (χ3n) is 2.26. The SMILES string of the molecule is CC(=O)c1ccc(F)c(-c2ccc[nH]2)c1. The van der Waals surface area contributed by atoms with Crippen molar-refractivity contribution in [3.63, 3.8) is 0 Å². The number of H-pyrrole nitrogens is 1. The fraction of sp³-hybridized carbons (Fsp3) is 0.0833. The molecule has 0 saturated carbocycles. The first kappa shape index (κ1) is 9.65. The zero-order valence-corrected chi connectivity index (χ0v) is 8.25. The Balaban J connectivity index is 2.55. The standard InChI is InChI=1S/C12H10FNO/c1-8(15)9-4-5-11(13)10(7-9)12-3-2-6-14-12/h2-7,14H,1H3. The van der Waals surface area contributed by atoms with Crippen LogP contribution >= 0.6 is 0 Å². The maximum absolute atomic E-state index is 13.5. The van der Waals surface area contributed by atoms with Crippen molar-refractivity contribution in [1.82, 2.24) is 4.98 Å². The predicted octanol–water partition coefficient (Wildman–Crippen LogP) is 3.02. The highest BCUT2D eigenvalue weighted by atomic mass is 19.1. The molecule has 1 aromatic heterocycles. The normalized spacial score (nSPS) is 10.3. The number of halogens is 1. The van der Waals surface area contributed by atoms with Gasteiger partial charge in [-0.3, -0.25) is 4.79 Å². The number of nitrogens with one attached hydrogen (secondary N) is 1. The zero-order chi connectivity index (χ0) is 10.8. The van der Waals surface area contributed by atoms with Crippen LogP contribution in [-0.4, -0.2) is 10.8 Å². The van der Waals surface area contributed by atoms with Crippen LogP contribution in [0, 0.1) is 5.82 Å². The lowest BCUT2D eigenvalue weighted by Gasteiger charge is -2.02. The van der Waals surface area contributed by atoms with Crippen molar-refractivity contribution >= 4 is 5.78 Å². The summed E-state index contributed by atoms with van der Waals surface area (Å²) in [6.45, 7) is 1.46. The summed E-state index contributed by atoms with van der Waals surface area (Å²) in [4.78, 5) is 14.1. The largest absolute Gasteiger partial charge is 0.361 e.